The number of nitrogens with zero attached hydrogens (tertiary/aromatic N) is 4. The van der Waals surface area contributed by atoms with Crippen LogP contribution in [-0.4, -0.2) is 31.1 Å². The summed E-state index contributed by atoms with van der Waals surface area (Å²) >= 11 is 5.63. The minimum absolute atomic E-state index is 0.182. The summed E-state index contributed by atoms with van der Waals surface area (Å²) in [6, 6.07) is 3.20. The number of rotatable bonds is 2. The van der Waals surface area contributed by atoms with Gasteiger partial charge in [-0.1, -0.05) is 11.6 Å². The molecule has 0 unspecified atom stereocenters. The Morgan fingerprint density at radius 1 is 1.35 bits per heavy atom. The van der Waals surface area contributed by atoms with E-state index in [-0.39, 0.29) is 10.7 Å². The van der Waals surface area contributed by atoms with Crippen LogP contribution in [0.1, 0.15) is 21.7 Å². The van der Waals surface area contributed by atoms with E-state index in [1.54, 1.807) is 26.0 Å². The first-order chi connectivity index (χ1) is 8.00. The van der Waals surface area contributed by atoms with E-state index in [2.05, 4.69) is 15.3 Å². The molecule has 0 aliphatic rings. The van der Waals surface area contributed by atoms with Gasteiger partial charge in [-0.05, 0) is 26.0 Å². The molecule has 0 saturated heterocycles. The fourth-order valence-corrected chi connectivity index (χ4v) is 1.70. The van der Waals surface area contributed by atoms with Crippen LogP contribution in [0.15, 0.2) is 12.1 Å². The maximum absolute atomic E-state index is 11.0. The molecule has 0 amide bonds. The van der Waals surface area contributed by atoms with Crippen molar-refractivity contribution in [3.63, 3.8) is 0 Å². The SMILES string of the molecule is Cc1nn(-c2ccc(Cl)nn2)c(C)c1C(=O)O. The van der Waals surface area contributed by atoms with Gasteiger partial charge in [0.2, 0.25) is 0 Å². The zero-order valence-electron chi connectivity index (χ0n) is 9.18. The molecule has 0 radical (unpaired) electrons. The van der Waals surface area contributed by atoms with Crippen LogP contribution < -0.4 is 0 Å². The minimum atomic E-state index is -1.01. The van der Waals surface area contributed by atoms with Gasteiger partial charge in [0, 0.05) is 0 Å². The largest absolute Gasteiger partial charge is 0.478 e. The maximum Gasteiger partial charge on any atom is 0.339 e. The van der Waals surface area contributed by atoms with Gasteiger partial charge in [0.1, 0.15) is 5.56 Å². The highest BCUT2D eigenvalue weighted by molar-refractivity contribution is 6.29. The quantitative estimate of drug-likeness (QED) is 0.879. The third-order valence-electron chi connectivity index (χ3n) is 2.34. The normalized spacial score (nSPS) is 10.5. The van der Waals surface area contributed by atoms with E-state index in [1.165, 1.54) is 4.68 Å². The van der Waals surface area contributed by atoms with Crippen LogP contribution in [0.4, 0.5) is 0 Å². The van der Waals surface area contributed by atoms with E-state index in [4.69, 9.17) is 16.7 Å². The van der Waals surface area contributed by atoms with Crippen molar-refractivity contribution in [2.45, 2.75) is 13.8 Å². The Labute approximate surface area is 102 Å². The number of hydrogen-bond acceptors (Lipinski definition) is 4. The summed E-state index contributed by atoms with van der Waals surface area (Å²) in [5.74, 6) is -0.573. The molecule has 0 aromatic carbocycles. The minimum Gasteiger partial charge on any atom is -0.478 e. The molecular formula is C10H9ClN4O2. The van der Waals surface area contributed by atoms with Gasteiger partial charge >= 0.3 is 5.97 Å². The highest BCUT2D eigenvalue weighted by Gasteiger charge is 2.18. The second-order valence-electron chi connectivity index (χ2n) is 3.48. The Hall–Kier alpha value is -1.95. The van der Waals surface area contributed by atoms with Crippen LogP contribution in [0.3, 0.4) is 0 Å². The lowest BCUT2D eigenvalue weighted by molar-refractivity contribution is 0.0695. The van der Waals surface area contributed by atoms with Gasteiger partial charge < -0.3 is 5.11 Å². The molecule has 1 N–H and O–H groups in total. The monoisotopic (exact) mass is 252 g/mol. The Balaban J connectivity index is 2.57. The molecule has 0 aliphatic heterocycles. The van der Waals surface area contributed by atoms with E-state index >= 15 is 0 Å². The molecule has 2 heterocycles. The van der Waals surface area contributed by atoms with Gasteiger partial charge in [-0.25, -0.2) is 9.48 Å². The molecule has 88 valence electrons. The van der Waals surface area contributed by atoms with Gasteiger partial charge in [-0.15, -0.1) is 10.2 Å². The lowest BCUT2D eigenvalue weighted by Gasteiger charge is -2.01. The second kappa shape index (κ2) is 4.14. The Bertz CT molecular complexity index is 577. The molecule has 0 saturated carbocycles. The average molecular weight is 253 g/mol. The van der Waals surface area contributed by atoms with E-state index in [0.717, 1.165) is 0 Å². The Morgan fingerprint density at radius 2 is 2.06 bits per heavy atom. The standard InChI is InChI=1S/C10H9ClN4O2/c1-5-9(10(16)17)6(2)15(14-5)8-4-3-7(11)12-13-8/h3-4H,1-2H3,(H,16,17). The van der Waals surface area contributed by atoms with E-state index < -0.39 is 5.97 Å². The number of carboxylic acid groups (broad SMARTS) is 1. The summed E-state index contributed by atoms with van der Waals surface area (Å²) in [5.41, 5.74) is 1.13. The number of halogens is 1. The maximum atomic E-state index is 11.0. The molecular weight excluding hydrogens is 244 g/mol. The van der Waals surface area contributed by atoms with Crippen LogP contribution in [0, 0.1) is 13.8 Å². The van der Waals surface area contributed by atoms with Crippen molar-refractivity contribution in [3.05, 3.63) is 34.2 Å². The predicted octanol–water partition coefficient (Wildman–Crippen LogP) is 1.63. The van der Waals surface area contributed by atoms with E-state index in [1.807, 2.05) is 0 Å². The first-order valence-corrected chi connectivity index (χ1v) is 5.17. The average Bonchev–Trinajstić information content (AvgIpc) is 2.55. The van der Waals surface area contributed by atoms with Gasteiger partial charge in [0.25, 0.3) is 0 Å². The fourth-order valence-electron chi connectivity index (χ4n) is 1.60. The molecule has 2 aromatic heterocycles. The van der Waals surface area contributed by atoms with E-state index in [0.29, 0.717) is 17.2 Å². The smallest absolute Gasteiger partial charge is 0.339 e. The summed E-state index contributed by atoms with van der Waals surface area (Å²) in [7, 11) is 0. The second-order valence-corrected chi connectivity index (χ2v) is 3.86. The molecule has 0 spiro atoms. The fraction of sp³-hybridized carbons (Fsp3) is 0.200. The predicted molar refractivity (Wildman–Crippen MR) is 60.6 cm³/mol. The van der Waals surface area contributed by atoms with Crippen LogP contribution in [0.2, 0.25) is 5.15 Å². The topological polar surface area (TPSA) is 80.9 Å². The summed E-state index contributed by atoms with van der Waals surface area (Å²) in [6.45, 7) is 3.30. The number of hydrogen-bond donors (Lipinski definition) is 1. The number of aromatic carboxylic acids is 1. The molecule has 7 heteroatoms. The first-order valence-electron chi connectivity index (χ1n) is 4.80. The number of carboxylic acids is 1. The molecule has 0 bridgehead atoms. The lowest BCUT2D eigenvalue weighted by atomic mass is 10.2. The van der Waals surface area contributed by atoms with Gasteiger partial charge in [-0.3, -0.25) is 0 Å². The van der Waals surface area contributed by atoms with E-state index in [9.17, 15) is 4.79 Å². The zero-order chi connectivity index (χ0) is 12.6. The van der Waals surface area contributed by atoms with Crippen LogP contribution in [0.5, 0.6) is 0 Å². The van der Waals surface area contributed by atoms with Crippen LogP contribution in [0.25, 0.3) is 5.82 Å². The zero-order valence-corrected chi connectivity index (χ0v) is 9.93. The Kier molecular flexibility index (Phi) is 2.81. The van der Waals surface area contributed by atoms with Crippen molar-refractivity contribution in [1.82, 2.24) is 20.0 Å². The number of aryl methyl sites for hydroxylation is 1. The van der Waals surface area contributed by atoms with Crippen LogP contribution in [-0.2, 0) is 0 Å². The van der Waals surface area contributed by atoms with Gasteiger partial charge in [-0.2, -0.15) is 5.10 Å². The van der Waals surface area contributed by atoms with Crippen molar-refractivity contribution < 1.29 is 9.90 Å². The van der Waals surface area contributed by atoms with Gasteiger partial charge in [0.05, 0.1) is 11.4 Å². The van der Waals surface area contributed by atoms with Crippen molar-refractivity contribution in [2.75, 3.05) is 0 Å². The summed E-state index contributed by atoms with van der Waals surface area (Å²) in [4.78, 5) is 11.0. The molecule has 6 nitrogen and oxygen atoms in total. The molecule has 17 heavy (non-hydrogen) atoms. The highest BCUT2D eigenvalue weighted by Crippen LogP contribution is 2.16. The lowest BCUT2D eigenvalue weighted by Crippen LogP contribution is -2.05. The summed E-state index contributed by atoms with van der Waals surface area (Å²) in [5, 5.41) is 21.0. The summed E-state index contributed by atoms with van der Waals surface area (Å²) < 4.78 is 1.43. The summed E-state index contributed by atoms with van der Waals surface area (Å²) in [6.07, 6.45) is 0. The molecule has 0 aliphatic carbocycles. The van der Waals surface area contributed by atoms with Crippen molar-refractivity contribution in [3.8, 4) is 5.82 Å². The highest BCUT2D eigenvalue weighted by atomic mass is 35.5. The third kappa shape index (κ3) is 1.99. The first kappa shape index (κ1) is 11.5. The van der Waals surface area contributed by atoms with Crippen LogP contribution >= 0.6 is 11.6 Å². The number of carbonyl (C=O) groups is 1. The molecule has 0 fully saturated rings. The Morgan fingerprint density at radius 3 is 2.53 bits per heavy atom. The van der Waals surface area contributed by atoms with Crippen molar-refractivity contribution >= 4 is 17.6 Å². The molecule has 2 aromatic rings. The third-order valence-corrected chi connectivity index (χ3v) is 2.54. The number of aromatic nitrogens is 4. The molecule has 0 atom stereocenters. The van der Waals surface area contributed by atoms with Gasteiger partial charge in [0.15, 0.2) is 11.0 Å². The van der Waals surface area contributed by atoms with Crippen molar-refractivity contribution in [2.24, 2.45) is 0 Å². The molecule has 2 rings (SSSR count). The van der Waals surface area contributed by atoms with Crippen molar-refractivity contribution in [1.29, 1.82) is 0 Å².